The third kappa shape index (κ3) is 2.97. The van der Waals surface area contributed by atoms with Gasteiger partial charge < -0.3 is 4.74 Å². The van der Waals surface area contributed by atoms with E-state index in [0.717, 1.165) is 6.07 Å². The first kappa shape index (κ1) is 12.5. The smallest absolute Gasteiger partial charge is 0.310 e. The van der Waals surface area contributed by atoms with E-state index in [4.69, 9.17) is 10.00 Å². The van der Waals surface area contributed by atoms with Crippen LogP contribution in [0.5, 0.6) is 0 Å². The standard InChI is InChI=1S/C11H10FNO2S/c1-2-15-11(14)4-7-3-8(6-13)10(16)5-9(7)12/h3,5,16H,2,4H2,1H3. The zero-order chi connectivity index (χ0) is 12.1. The molecule has 0 spiro atoms. The molecule has 0 amide bonds. The van der Waals surface area contributed by atoms with Crippen molar-refractivity contribution in [2.45, 2.75) is 18.2 Å². The lowest BCUT2D eigenvalue weighted by Crippen LogP contribution is -2.09. The van der Waals surface area contributed by atoms with Crippen molar-refractivity contribution in [3.8, 4) is 6.07 Å². The predicted octanol–water partition coefficient (Wildman–Crippen LogP) is 2.09. The summed E-state index contributed by atoms with van der Waals surface area (Å²) in [5.74, 6) is -1.07. The van der Waals surface area contributed by atoms with Gasteiger partial charge in [0.2, 0.25) is 0 Å². The van der Waals surface area contributed by atoms with Crippen molar-refractivity contribution in [1.29, 1.82) is 5.26 Å². The van der Waals surface area contributed by atoms with Gasteiger partial charge in [-0.25, -0.2) is 4.39 Å². The molecule has 0 aliphatic rings. The molecule has 0 aliphatic carbocycles. The minimum atomic E-state index is -0.558. The third-order valence-corrected chi connectivity index (χ3v) is 2.30. The van der Waals surface area contributed by atoms with E-state index in [1.54, 1.807) is 6.92 Å². The van der Waals surface area contributed by atoms with Crippen LogP contribution in [-0.4, -0.2) is 12.6 Å². The fourth-order valence-electron chi connectivity index (χ4n) is 1.20. The zero-order valence-corrected chi connectivity index (χ0v) is 9.55. The molecule has 0 atom stereocenters. The first-order valence-corrected chi connectivity index (χ1v) is 5.10. The van der Waals surface area contributed by atoms with Crippen molar-refractivity contribution in [1.82, 2.24) is 0 Å². The molecule has 0 bridgehead atoms. The van der Waals surface area contributed by atoms with Crippen LogP contribution in [0.2, 0.25) is 0 Å². The second-order valence-corrected chi connectivity index (χ2v) is 3.54. The first-order valence-electron chi connectivity index (χ1n) is 4.65. The summed E-state index contributed by atoms with van der Waals surface area (Å²) in [6.45, 7) is 1.92. The van der Waals surface area contributed by atoms with Gasteiger partial charge in [-0.15, -0.1) is 12.6 Å². The number of carbonyl (C=O) groups is 1. The fourth-order valence-corrected chi connectivity index (χ4v) is 1.43. The topological polar surface area (TPSA) is 50.1 Å². The van der Waals surface area contributed by atoms with E-state index in [1.165, 1.54) is 6.07 Å². The van der Waals surface area contributed by atoms with Crippen LogP contribution < -0.4 is 0 Å². The first-order chi connectivity index (χ1) is 7.58. The number of rotatable bonds is 3. The summed E-state index contributed by atoms with van der Waals surface area (Å²) in [5.41, 5.74) is 0.386. The molecular formula is C11H10FNO2S. The number of hydrogen-bond donors (Lipinski definition) is 1. The molecule has 1 aromatic carbocycles. The van der Waals surface area contributed by atoms with E-state index < -0.39 is 11.8 Å². The van der Waals surface area contributed by atoms with Crippen LogP contribution in [0.15, 0.2) is 17.0 Å². The van der Waals surface area contributed by atoms with Crippen molar-refractivity contribution < 1.29 is 13.9 Å². The second kappa shape index (κ2) is 5.52. The Morgan fingerprint density at radius 3 is 2.88 bits per heavy atom. The Hall–Kier alpha value is -1.54. The van der Waals surface area contributed by atoms with E-state index in [-0.39, 0.29) is 29.1 Å². The summed E-state index contributed by atoms with van der Waals surface area (Å²) in [7, 11) is 0. The molecule has 0 heterocycles. The number of carbonyl (C=O) groups excluding carboxylic acids is 1. The highest BCUT2D eigenvalue weighted by molar-refractivity contribution is 7.80. The summed E-state index contributed by atoms with van der Waals surface area (Å²) >= 11 is 3.95. The van der Waals surface area contributed by atoms with Gasteiger partial charge in [-0.1, -0.05) is 0 Å². The number of esters is 1. The molecule has 84 valence electrons. The predicted molar refractivity (Wildman–Crippen MR) is 58.7 cm³/mol. The fraction of sp³-hybridized carbons (Fsp3) is 0.273. The van der Waals surface area contributed by atoms with E-state index in [1.807, 2.05) is 6.07 Å². The zero-order valence-electron chi connectivity index (χ0n) is 8.66. The van der Waals surface area contributed by atoms with Gasteiger partial charge in [0.25, 0.3) is 0 Å². The van der Waals surface area contributed by atoms with Crippen molar-refractivity contribution in [2.24, 2.45) is 0 Å². The number of hydrogen-bond acceptors (Lipinski definition) is 4. The largest absolute Gasteiger partial charge is 0.466 e. The number of thiol groups is 1. The molecule has 1 rings (SSSR count). The van der Waals surface area contributed by atoms with Gasteiger partial charge in [-0.05, 0) is 19.1 Å². The molecule has 0 unspecified atom stereocenters. The van der Waals surface area contributed by atoms with Crippen LogP contribution in [0.1, 0.15) is 18.1 Å². The van der Waals surface area contributed by atoms with Crippen LogP contribution in [0.3, 0.4) is 0 Å². The van der Waals surface area contributed by atoms with Crippen molar-refractivity contribution >= 4 is 18.6 Å². The van der Waals surface area contributed by atoms with Crippen LogP contribution >= 0.6 is 12.6 Å². The normalized spacial score (nSPS) is 9.62. The lowest BCUT2D eigenvalue weighted by molar-refractivity contribution is -0.142. The third-order valence-electron chi connectivity index (χ3n) is 1.93. The minimum absolute atomic E-state index is 0.146. The summed E-state index contributed by atoms with van der Waals surface area (Å²) < 4.78 is 18.1. The number of halogens is 1. The SMILES string of the molecule is CCOC(=O)Cc1cc(C#N)c(S)cc1F. The molecule has 0 aliphatic heterocycles. The average molecular weight is 239 g/mol. The number of benzene rings is 1. The molecule has 1 aromatic rings. The molecule has 5 heteroatoms. The van der Waals surface area contributed by atoms with E-state index in [2.05, 4.69) is 12.6 Å². The summed E-state index contributed by atoms with van der Waals surface area (Å²) in [4.78, 5) is 11.4. The van der Waals surface area contributed by atoms with Crippen LogP contribution in [0.25, 0.3) is 0 Å². The van der Waals surface area contributed by atoms with Gasteiger partial charge >= 0.3 is 5.97 Å². The lowest BCUT2D eigenvalue weighted by atomic mass is 10.1. The Bertz CT molecular complexity index is 454. The highest BCUT2D eigenvalue weighted by Crippen LogP contribution is 2.19. The Morgan fingerprint density at radius 2 is 2.31 bits per heavy atom. The van der Waals surface area contributed by atoms with E-state index >= 15 is 0 Å². The highest BCUT2D eigenvalue weighted by atomic mass is 32.1. The van der Waals surface area contributed by atoms with Crippen molar-refractivity contribution in [3.05, 3.63) is 29.1 Å². The minimum Gasteiger partial charge on any atom is -0.466 e. The Morgan fingerprint density at radius 1 is 1.62 bits per heavy atom. The summed E-state index contributed by atoms with van der Waals surface area (Å²) in [6, 6.07) is 4.31. The van der Waals surface area contributed by atoms with Gasteiger partial charge in [0, 0.05) is 10.5 Å². The van der Waals surface area contributed by atoms with Crippen molar-refractivity contribution in [3.63, 3.8) is 0 Å². The molecule has 0 saturated heterocycles. The van der Waals surface area contributed by atoms with Gasteiger partial charge in [0.1, 0.15) is 11.9 Å². The van der Waals surface area contributed by atoms with E-state index in [9.17, 15) is 9.18 Å². The van der Waals surface area contributed by atoms with Crippen molar-refractivity contribution in [2.75, 3.05) is 6.61 Å². The van der Waals surface area contributed by atoms with Crippen LogP contribution in [-0.2, 0) is 16.0 Å². The Labute approximate surface area is 98.2 Å². The summed E-state index contributed by atoms with van der Waals surface area (Å²) in [5, 5.41) is 8.73. The molecule has 0 fully saturated rings. The van der Waals surface area contributed by atoms with Gasteiger partial charge in [-0.3, -0.25) is 4.79 Å². The van der Waals surface area contributed by atoms with Gasteiger partial charge in [-0.2, -0.15) is 5.26 Å². The maximum absolute atomic E-state index is 13.4. The van der Waals surface area contributed by atoms with Crippen LogP contribution in [0, 0.1) is 17.1 Å². The summed E-state index contributed by atoms with van der Waals surface area (Å²) in [6.07, 6.45) is -0.178. The lowest BCUT2D eigenvalue weighted by Gasteiger charge is -2.05. The highest BCUT2D eigenvalue weighted by Gasteiger charge is 2.12. The molecule has 0 radical (unpaired) electrons. The molecule has 0 N–H and O–H groups in total. The maximum Gasteiger partial charge on any atom is 0.310 e. The van der Waals surface area contributed by atoms with Gasteiger partial charge in [0.15, 0.2) is 0 Å². The quantitative estimate of drug-likeness (QED) is 0.649. The average Bonchev–Trinajstić information content (AvgIpc) is 2.22. The van der Waals surface area contributed by atoms with Gasteiger partial charge in [0.05, 0.1) is 18.6 Å². The molecule has 3 nitrogen and oxygen atoms in total. The Balaban J connectivity index is 2.97. The number of nitriles is 1. The van der Waals surface area contributed by atoms with E-state index in [0.29, 0.717) is 0 Å². The number of ether oxygens (including phenoxy) is 1. The number of nitrogens with zero attached hydrogens (tertiary/aromatic N) is 1. The van der Waals surface area contributed by atoms with Crippen LogP contribution in [0.4, 0.5) is 4.39 Å². The second-order valence-electron chi connectivity index (χ2n) is 3.05. The molecule has 0 saturated carbocycles. The monoisotopic (exact) mass is 239 g/mol. The molecular weight excluding hydrogens is 229 g/mol. The molecule has 0 aromatic heterocycles. The maximum atomic E-state index is 13.4. The molecule has 16 heavy (non-hydrogen) atoms. The Kier molecular flexibility index (Phi) is 4.32.